The Morgan fingerprint density at radius 2 is 1.81 bits per heavy atom. The Morgan fingerprint density at radius 1 is 1.07 bits per heavy atom. The minimum absolute atomic E-state index is 0.142. The molecular weight excluding hydrogens is 338 g/mol. The van der Waals surface area contributed by atoms with Gasteiger partial charge in [-0.1, -0.05) is 42.5 Å². The Labute approximate surface area is 159 Å². The number of hydrogen-bond donors (Lipinski definition) is 1. The van der Waals surface area contributed by atoms with Crippen LogP contribution >= 0.6 is 0 Å². The summed E-state index contributed by atoms with van der Waals surface area (Å²) in [6, 6.07) is 20.8. The third-order valence-corrected chi connectivity index (χ3v) is 4.20. The van der Waals surface area contributed by atoms with Gasteiger partial charge in [-0.3, -0.25) is 4.79 Å². The summed E-state index contributed by atoms with van der Waals surface area (Å²) in [5, 5.41) is 3.07. The van der Waals surface area contributed by atoms with E-state index in [0.717, 1.165) is 16.9 Å². The standard InChI is InChI=1S/C23H23NO3/c1-3-26-20-13-11-18(12-14-20)17(2)24-23(25)22(16-21-10-7-15-27-21)19-8-5-4-6-9-19/h4-17H,3H2,1-2H3,(H,24,25)/b22-16+/t17-/m0/s1. The maximum Gasteiger partial charge on any atom is 0.252 e. The van der Waals surface area contributed by atoms with Crippen molar-refractivity contribution in [2.45, 2.75) is 19.9 Å². The van der Waals surface area contributed by atoms with Crippen molar-refractivity contribution in [2.75, 3.05) is 6.61 Å². The third kappa shape index (κ3) is 4.88. The molecule has 0 fully saturated rings. The van der Waals surface area contributed by atoms with Gasteiger partial charge in [-0.05, 0) is 55.3 Å². The second-order valence-electron chi connectivity index (χ2n) is 6.14. The van der Waals surface area contributed by atoms with Gasteiger partial charge in [-0.15, -0.1) is 0 Å². The second kappa shape index (κ2) is 8.90. The number of nitrogens with one attached hydrogen (secondary N) is 1. The summed E-state index contributed by atoms with van der Waals surface area (Å²) in [7, 11) is 0. The molecule has 3 rings (SSSR count). The van der Waals surface area contributed by atoms with Crippen LogP contribution in [0.15, 0.2) is 77.4 Å². The van der Waals surface area contributed by atoms with E-state index in [2.05, 4.69) is 5.32 Å². The Morgan fingerprint density at radius 3 is 2.44 bits per heavy atom. The summed E-state index contributed by atoms with van der Waals surface area (Å²) in [6.45, 7) is 4.54. The molecule has 4 nitrogen and oxygen atoms in total. The van der Waals surface area contributed by atoms with Crippen molar-refractivity contribution in [1.29, 1.82) is 0 Å². The molecule has 3 aromatic rings. The largest absolute Gasteiger partial charge is 0.494 e. The van der Waals surface area contributed by atoms with E-state index in [1.165, 1.54) is 0 Å². The van der Waals surface area contributed by atoms with Gasteiger partial charge in [-0.25, -0.2) is 0 Å². The smallest absolute Gasteiger partial charge is 0.252 e. The zero-order chi connectivity index (χ0) is 19.1. The lowest BCUT2D eigenvalue weighted by atomic mass is 10.0. The molecule has 138 valence electrons. The van der Waals surface area contributed by atoms with Crippen molar-refractivity contribution < 1.29 is 13.9 Å². The van der Waals surface area contributed by atoms with E-state index in [1.807, 2.05) is 74.5 Å². The molecule has 27 heavy (non-hydrogen) atoms. The van der Waals surface area contributed by atoms with Crippen molar-refractivity contribution >= 4 is 17.6 Å². The fraction of sp³-hybridized carbons (Fsp3) is 0.174. The van der Waals surface area contributed by atoms with Gasteiger partial charge in [0.25, 0.3) is 5.91 Å². The number of rotatable bonds is 7. The Bertz CT molecular complexity index is 881. The molecule has 0 spiro atoms. The molecule has 2 aromatic carbocycles. The molecule has 4 heteroatoms. The number of furan rings is 1. The molecule has 1 atom stereocenters. The van der Waals surface area contributed by atoms with Crippen LogP contribution in [0.2, 0.25) is 0 Å². The molecule has 1 amide bonds. The minimum atomic E-state index is -0.154. The maximum absolute atomic E-state index is 13.0. The zero-order valence-corrected chi connectivity index (χ0v) is 15.5. The molecule has 1 heterocycles. The topological polar surface area (TPSA) is 51.5 Å². The number of benzene rings is 2. The first-order chi connectivity index (χ1) is 13.2. The van der Waals surface area contributed by atoms with E-state index >= 15 is 0 Å². The summed E-state index contributed by atoms with van der Waals surface area (Å²) in [5.74, 6) is 1.30. The van der Waals surface area contributed by atoms with E-state index in [-0.39, 0.29) is 11.9 Å². The lowest BCUT2D eigenvalue weighted by Crippen LogP contribution is -2.27. The highest BCUT2D eigenvalue weighted by atomic mass is 16.5. The van der Waals surface area contributed by atoms with E-state index in [4.69, 9.17) is 9.15 Å². The summed E-state index contributed by atoms with van der Waals surface area (Å²) in [5.41, 5.74) is 2.41. The van der Waals surface area contributed by atoms with E-state index in [0.29, 0.717) is 17.9 Å². The zero-order valence-electron chi connectivity index (χ0n) is 15.5. The second-order valence-corrected chi connectivity index (χ2v) is 6.14. The van der Waals surface area contributed by atoms with E-state index in [1.54, 1.807) is 18.4 Å². The van der Waals surface area contributed by atoms with Crippen molar-refractivity contribution in [3.63, 3.8) is 0 Å². The Kier molecular flexibility index (Phi) is 6.10. The summed E-state index contributed by atoms with van der Waals surface area (Å²) < 4.78 is 10.9. The van der Waals surface area contributed by atoms with Gasteiger partial charge in [-0.2, -0.15) is 0 Å². The fourth-order valence-corrected chi connectivity index (χ4v) is 2.79. The molecule has 0 aliphatic heterocycles. The number of amides is 1. The van der Waals surface area contributed by atoms with Gasteiger partial charge >= 0.3 is 0 Å². The van der Waals surface area contributed by atoms with Crippen LogP contribution in [0.5, 0.6) is 5.75 Å². The number of carbonyl (C=O) groups is 1. The molecule has 0 saturated carbocycles. The highest BCUT2D eigenvalue weighted by Gasteiger charge is 2.16. The summed E-state index contributed by atoms with van der Waals surface area (Å²) >= 11 is 0. The van der Waals surface area contributed by atoms with Crippen LogP contribution in [0.25, 0.3) is 11.6 Å². The van der Waals surface area contributed by atoms with Crippen LogP contribution in [-0.4, -0.2) is 12.5 Å². The van der Waals surface area contributed by atoms with Crippen molar-refractivity contribution in [1.82, 2.24) is 5.32 Å². The van der Waals surface area contributed by atoms with Gasteiger partial charge < -0.3 is 14.5 Å². The van der Waals surface area contributed by atoms with Gasteiger partial charge in [0.05, 0.1) is 24.5 Å². The summed E-state index contributed by atoms with van der Waals surface area (Å²) in [6.07, 6.45) is 3.35. The first-order valence-corrected chi connectivity index (χ1v) is 9.01. The predicted molar refractivity (Wildman–Crippen MR) is 107 cm³/mol. The maximum atomic E-state index is 13.0. The molecule has 0 aliphatic rings. The first-order valence-electron chi connectivity index (χ1n) is 9.01. The summed E-state index contributed by atoms with van der Waals surface area (Å²) in [4.78, 5) is 13.0. The lowest BCUT2D eigenvalue weighted by Gasteiger charge is -2.16. The molecule has 1 N–H and O–H groups in total. The molecule has 0 bridgehead atoms. The first kappa shape index (κ1) is 18.5. The van der Waals surface area contributed by atoms with Crippen LogP contribution in [0, 0.1) is 0 Å². The van der Waals surface area contributed by atoms with Gasteiger partial charge in [0.15, 0.2) is 0 Å². The Balaban J connectivity index is 1.80. The van der Waals surface area contributed by atoms with Gasteiger partial charge in [0, 0.05) is 0 Å². The van der Waals surface area contributed by atoms with Crippen molar-refractivity contribution in [3.8, 4) is 5.75 Å². The quantitative estimate of drug-likeness (QED) is 0.596. The van der Waals surface area contributed by atoms with Crippen molar-refractivity contribution in [3.05, 3.63) is 89.9 Å². The highest BCUT2D eigenvalue weighted by molar-refractivity contribution is 6.24. The minimum Gasteiger partial charge on any atom is -0.494 e. The SMILES string of the molecule is CCOc1ccc([C@H](C)NC(=O)/C(=C/c2ccco2)c2ccccc2)cc1. The Hall–Kier alpha value is -3.27. The lowest BCUT2D eigenvalue weighted by molar-refractivity contribution is -0.116. The van der Waals surface area contributed by atoms with Crippen LogP contribution < -0.4 is 10.1 Å². The molecule has 0 aliphatic carbocycles. The number of ether oxygens (including phenoxy) is 1. The predicted octanol–water partition coefficient (Wildman–Crippen LogP) is 5.10. The average Bonchev–Trinajstić information content (AvgIpc) is 3.21. The van der Waals surface area contributed by atoms with E-state index < -0.39 is 0 Å². The third-order valence-electron chi connectivity index (χ3n) is 4.20. The molecule has 0 saturated heterocycles. The van der Waals surface area contributed by atoms with Crippen molar-refractivity contribution in [2.24, 2.45) is 0 Å². The molecule has 1 aromatic heterocycles. The normalized spacial score (nSPS) is 12.4. The molecule has 0 unspecified atom stereocenters. The monoisotopic (exact) mass is 361 g/mol. The van der Waals surface area contributed by atoms with Crippen LogP contribution in [0.1, 0.15) is 36.8 Å². The highest BCUT2D eigenvalue weighted by Crippen LogP contribution is 2.22. The molecule has 0 radical (unpaired) electrons. The number of hydrogen-bond acceptors (Lipinski definition) is 3. The average molecular weight is 361 g/mol. The van der Waals surface area contributed by atoms with Gasteiger partial charge in [0.2, 0.25) is 0 Å². The number of carbonyl (C=O) groups excluding carboxylic acids is 1. The van der Waals surface area contributed by atoms with Crippen LogP contribution in [-0.2, 0) is 4.79 Å². The van der Waals surface area contributed by atoms with Gasteiger partial charge in [0.1, 0.15) is 11.5 Å². The fourth-order valence-electron chi connectivity index (χ4n) is 2.79. The van der Waals surface area contributed by atoms with Crippen LogP contribution in [0.4, 0.5) is 0 Å². The van der Waals surface area contributed by atoms with E-state index in [9.17, 15) is 4.79 Å². The molecular formula is C23H23NO3. The van der Waals surface area contributed by atoms with Crippen LogP contribution in [0.3, 0.4) is 0 Å².